The number of allylic oxidation sites excluding steroid dienone is 4. The minimum atomic E-state index is -0.502. The van der Waals surface area contributed by atoms with Crippen LogP contribution in [0.1, 0.15) is 79.5 Å². The molecule has 1 saturated heterocycles. The second kappa shape index (κ2) is 21.8. The van der Waals surface area contributed by atoms with Crippen LogP contribution in [0.4, 0.5) is 5.69 Å². The number of nitrogens with zero attached hydrogens (tertiary/aromatic N) is 1. The molecule has 0 saturated carbocycles. The number of piperidine rings is 1. The fraction of sp³-hybridized carbons (Fsp3) is 0.422. The molecule has 1 aliphatic heterocycles. The van der Waals surface area contributed by atoms with Crippen LogP contribution < -0.4 is 15.4 Å². The number of hydrogen-bond donors (Lipinski definition) is 3. The van der Waals surface area contributed by atoms with Gasteiger partial charge in [-0.1, -0.05) is 85.2 Å². The van der Waals surface area contributed by atoms with E-state index in [1.54, 1.807) is 19.2 Å². The molecule has 3 aromatic rings. The number of benzene rings is 3. The monoisotopic (exact) mass is 719 g/mol. The first-order chi connectivity index (χ1) is 26.1. The van der Waals surface area contributed by atoms with Gasteiger partial charge >= 0.3 is 5.97 Å². The standard InChI is InChI=1S/C45H57N3O5/c1-46-44-41(20-13-30-49)37(21-22-42(44)50)23-27-47-26-10-2-3-11-31-52-40-19-12-18-39(32-40)43(38-16-8-5-9-17-38)45(51)53-34-36-24-28-48(29-25-36)33-35-14-6-4-7-15-35/h4-6,8-9,12-14,16-22,30,32,36,43,46-47,50H,2-3,7,10-11,15,23-29,31,33-34H2,1H3/b20-13-. The van der Waals surface area contributed by atoms with E-state index < -0.39 is 5.92 Å². The van der Waals surface area contributed by atoms with Gasteiger partial charge in [-0.3, -0.25) is 14.5 Å². The van der Waals surface area contributed by atoms with Crippen LogP contribution in [0.5, 0.6) is 11.5 Å². The molecule has 0 bridgehead atoms. The van der Waals surface area contributed by atoms with Crippen molar-refractivity contribution >= 4 is 24.0 Å². The number of unbranched alkanes of at least 4 members (excludes halogenated alkanes) is 3. The first-order valence-electron chi connectivity index (χ1n) is 19.4. The van der Waals surface area contributed by atoms with E-state index >= 15 is 0 Å². The molecule has 1 aliphatic carbocycles. The Morgan fingerprint density at radius 1 is 0.981 bits per heavy atom. The zero-order valence-corrected chi connectivity index (χ0v) is 31.3. The molecule has 0 spiro atoms. The summed E-state index contributed by atoms with van der Waals surface area (Å²) >= 11 is 0. The number of ether oxygens (including phenoxy) is 2. The summed E-state index contributed by atoms with van der Waals surface area (Å²) < 4.78 is 12.2. The van der Waals surface area contributed by atoms with Gasteiger partial charge in [0.2, 0.25) is 0 Å². The molecule has 8 heteroatoms. The summed E-state index contributed by atoms with van der Waals surface area (Å²) in [4.78, 5) is 27.1. The van der Waals surface area contributed by atoms with E-state index in [1.807, 2.05) is 60.7 Å². The van der Waals surface area contributed by atoms with Gasteiger partial charge in [0.1, 0.15) is 23.7 Å². The van der Waals surface area contributed by atoms with Crippen LogP contribution in [0.15, 0.2) is 96.6 Å². The van der Waals surface area contributed by atoms with Gasteiger partial charge < -0.3 is 25.2 Å². The predicted molar refractivity (Wildman–Crippen MR) is 215 cm³/mol. The molecular formula is C45H57N3O5. The molecule has 8 nitrogen and oxygen atoms in total. The van der Waals surface area contributed by atoms with E-state index in [0.717, 1.165) is 125 Å². The number of carbonyl (C=O) groups excluding carboxylic acids is 2. The highest BCUT2D eigenvalue weighted by Crippen LogP contribution is 2.32. The average molecular weight is 720 g/mol. The second-order valence-electron chi connectivity index (χ2n) is 14.1. The van der Waals surface area contributed by atoms with Gasteiger partial charge in [0.25, 0.3) is 0 Å². The number of rotatable bonds is 21. The molecule has 1 fully saturated rings. The number of phenols is 1. The smallest absolute Gasteiger partial charge is 0.317 e. The molecule has 282 valence electrons. The normalized spacial score (nSPS) is 15.6. The number of likely N-dealkylation sites (tertiary alicyclic amines) is 1. The lowest BCUT2D eigenvalue weighted by atomic mass is 9.91. The van der Waals surface area contributed by atoms with Crippen molar-refractivity contribution in [2.75, 3.05) is 58.3 Å². The van der Waals surface area contributed by atoms with Crippen LogP contribution in [0.2, 0.25) is 0 Å². The van der Waals surface area contributed by atoms with Crippen molar-refractivity contribution in [3.63, 3.8) is 0 Å². The highest BCUT2D eigenvalue weighted by atomic mass is 16.5. The molecule has 1 atom stereocenters. The molecule has 0 amide bonds. The van der Waals surface area contributed by atoms with Crippen molar-refractivity contribution in [2.45, 2.75) is 63.7 Å². The molecular weight excluding hydrogens is 663 g/mol. The van der Waals surface area contributed by atoms with Crippen LogP contribution in [0.25, 0.3) is 6.08 Å². The molecule has 3 aromatic carbocycles. The summed E-state index contributed by atoms with van der Waals surface area (Å²) in [5, 5.41) is 16.7. The Balaban J connectivity index is 1.02. The fourth-order valence-electron chi connectivity index (χ4n) is 7.26. The average Bonchev–Trinajstić information content (AvgIpc) is 3.19. The van der Waals surface area contributed by atoms with Crippen LogP contribution in [0.3, 0.4) is 0 Å². The number of nitrogens with one attached hydrogen (secondary N) is 2. The maximum atomic E-state index is 13.7. The summed E-state index contributed by atoms with van der Waals surface area (Å²) in [5.41, 5.74) is 5.86. The summed E-state index contributed by atoms with van der Waals surface area (Å²) in [5.74, 6) is 0.621. The zero-order chi connectivity index (χ0) is 37.1. The minimum absolute atomic E-state index is 0.168. The van der Waals surface area contributed by atoms with Gasteiger partial charge in [0, 0.05) is 19.2 Å². The number of carbonyl (C=O) groups is 2. The van der Waals surface area contributed by atoms with E-state index in [-0.39, 0.29) is 11.7 Å². The molecule has 1 heterocycles. The number of esters is 1. The van der Waals surface area contributed by atoms with Crippen molar-refractivity contribution in [3.8, 4) is 11.5 Å². The molecule has 53 heavy (non-hydrogen) atoms. The highest BCUT2D eigenvalue weighted by Gasteiger charge is 2.27. The lowest BCUT2D eigenvalue weighted by Gasteiger charge is -2.32. The Labute approximate surface area is 316 Å². The molecule has 2 aliphatic rings. The summed E-state index contributed by atoms with van der Waals surface area (Å²) in [7, 11) is 1.76. The Hall–Kier alpha value is -4.66. The van der Waals surface area contributed by atoms with E-state index in [0.29, 0.717) is 24.8 Å². The maximum Gasteiger partial charge on any atom is 0.317 e. The molecule has 3 N–H and O–H groups in total. The van der Waals surface area contributed by atoms with Gasteiger partial charge in [0.05, 0.1) is 18.9 Å². The lowest BCUT2D eigenvalue weighted by molar-refractivity contribution is -0.146. The van der Waals surface area contributed by atoms with Crippen LogP contribution in [-0.2, 0) is 20.7 Å². The Morgan fingerprint density at radius 2 is 1.79 bits per heavy atom. The number of hydrogen-bond acceptors (Lipinski definition) is 8. The van der Waals surface area contributed by atoms with E-state index in [9.17, 15) is 14.7 Å². The fourth-order valence-corrected chi connectivity index (χ4v) is 7.26. The van der Waals surface area contributed by atoms with Gasteiger partial charge in [-0.2, -0.15) is 0 Å². The van der Waals surface area contributed by atoms with Crippen LogP contribution >= 0.6 is 0 Å². The second-order valence-corrected chi connectivity index (χ2v) is 14.1. The van der Waals surface area contributed by atoms with Gasteiger partial charge in [-0.25, -0.2) is 0 Å². The van der Waals surface area contributed by atoms with Crippen molar-refractivity contribution < 1.29 is 24.2 Å². The summed E-state index contributed by atoms with van der Waals surface area (Å²) in [6.07, 6.45) is 20.0. The van der Waals surface area contributed by atoms with Gasteiger partial charge in [0.15, 0.2) is 0 Å². The molecule has 1 unspecified atom stereocenters. The third-order valence-corrected chi connectivity index (χ3v) is 10.2. The minimum Gasteiger partial charge on any atom is -0.506 e. The zero-order valence-electron chi connectivity index (χ0n) is 31.3. The van der Waals surface area contributed by atoms with Crippen molar-refractivity contribution in [1.82, 2.24) is 10.2 Å². The van der Waals surface area contributed by atoms with Crippen LogP contribution in [0, 0.1) is 5.92 Å². The topological polar surface area (TPSA) is 100 Å². The van der Waals surface area contributed by atoms with Crippen molar-refractivity contribution in [3.05, 3.63) is 119 Å². The SMILES string of the molecule is CNc1c(O)ccc(CCNCCCCCCOc2cccc(C(C(=O)OCC3CCN(CC4=CC=CCC4)CC3)c3ccccc3)c2)c1/C=C\C=O. The predicted octanol–water partition coefficient (Wildman–Crippen LogP) is 8.08. The Morgan fingerprint density at radius 3 is 2.57 bits per heavy atom. The summed E-state index contributed by atoms with van der Waals surface area (Å²) in [6.45, 7) is 5.96. The number of phenolic OH excluding ortho intramolecular Hbond substituents is 1. The van der Waals surface area contributed by atoms with Crippen LogP contribution in [-0.4, -0.2) is 75.2 Å². The molecule has 0 radical (unpaired) electrons. The first-order valence-corrected chi connectivity index (χ1v) is 19.4. The van der Waals surface area contributed by atoms with E-state index in [2.05, 4.69) is 33.8 Å². The third-order valence-electron chi connectivity index (χ3n) is 10.2. The molecule has 0 aromatic heterocycles. The number of aromatic hydroxyl groups is 1. The Bertz CT molecular complexity index is 1680. The number of anilines is 1. The summed E-state index contributed by atoms with van der Waals surface area (Å²) in [6, 6.07) is 21.4. The molecule has 5 rings (SSSR count). The third kappa shape index (κ3) is 12.5. The van der Waals surface area contributed by atoms with E-state index in [1.165, 1.54) is 11.6 Å². The van der Waals surface area contributed by atoms with Crippen molar-refractivity contribution in [1.29, 1.82) is 0 Å². The quantitative estimate of drug-likeness (QED) is 0.0334. The van der Waals surface area contributed by atoms with E-state index in [4.69, 9.17) is 9.47 Å². The number of aldehydes is 1. The maximum absolute atomic E-state index is 13.7. The first kappa shape index (κ1) is 39.5. The van der Waals surface area contributed by atoms with Gasteiger partial charge in [-0.15, -0.1) is 0 Å². The van der Waals surface area contributed by atoms with Crippen molar-refractivity contribution in [2.24, 2.45) is 5.92 Å². The lowest BCUT2D eigenvalue weighted by Crippen LogP contribution is -2.37. The Kier molecular flexibility index (Phi) is 16.2. The highest BCUT2D eigenvalue weighted by molar-refractivity contribution is 5.83. The van der Waals surface area contributed by atoms with Gasteiger partial charge in [-0.05, 0) is 124 Å². The largest absolute Gasteiger partial charge is 0.506 e.